The molecule has 5 amide bonds. The summed E-state index contributed by atoms with van der Waals surface area (Å²) in [5.74, 6) is -1.91. The Morgan fingerprint density at radius 1 is 0.956 bits per heavy atom. The molecule has 13 heteroatoms. The van der Waals surface area contributed by atoms with Gasteiger partial charge in [0.25, 0.3) is 5.91 Å². The molecule has 4 rings (SSSR count). The van der Waals surface area contributed by atoms with E-state index in [1.807, 2.05) is 45.8 Å². The Balaban J connectivity index is 1.51. The van der Waals surface area contributed by atoms with Crippen LogP contribution in [0.5, 0.6) is 0 Å². The van der Waals surface area contributed by atoms with Gasteiger partial charge >= 0.3 is 6.03 Å². The first kappa shape index (κ1) is 35.3. The van der Waals surface area contributed by atoms with Gasteiger partial charge < -0.3 is 26.6 Å². The van der Waals surface area contributed by atoms with Gasteiger partial charge in [0.2, 0.25) is 17.6 Å². The van der Waals surface area contributed by atoms with Crippen LogP contribution < -0.4 is 21.7 Å². The van der Waals surface area contributed by atoms with Crippen molar-refractivity contribution in [2.24, 2.45) is 39.7 Å². The highest BCUT2D eigenvalue weighted by molar-refractivity contribution is 7.82. The van der Waals surface area contributed by atoms with E-state index in [1.54, 1.807) is 4.90 Å². The average molecular weight is 651 g/mol. The molecule has 0 spiro atoms. The minimum atomic E-state index is -1.09. The van der Waals surface area contributed by atoms with E-state index < -0.39 is 58.2 Å². The third-order valence-electron chi connectivity index (χ3n) is 10.3. The Labute approximate surface area is 270 Å². The van der Waals surface area contributed by atoms with Crippen LogP contribution in [0, 0.1) is 34.0 Å². The fraction of sp³-hybridized carbons (Fsp3) is 0.844. The average Bonchev–Trinajstić information content (AvgIpc) is 3.77. The van der Waals surface area contributed by atoms with E-state index in [0.29, 0.717) is 31.8 Å². The molecule has 2 aliphatic carbocycles. The fourth-order valence-electron chi connectivity index (χ4n) is 6.96. The van der Waals surface area contributed by atoms with Gasteiger partial charge in [-0.05, 0) is 53.3 Å². The number of likely N-dealkylation sites (tertiary alicyclic amines) is 1. The number of primary amides is 1. The Hall–Kier alpha value is -2.54. The number of urea groups is 1. The molecule has 2 saturated heterocycles. The van der Waals surface area contributed by atoms with E-state index in [-0.39, 0.29) is 40.5 Å². The fourth-order valence-corrected chi connectivity index (χ4v) is 8.32. The van der Waals surface area contributed by atoms with Crippen LogP contribution in [0.3, 0.4) is 0 Å². The molecule has 5 N–H and O–H groups in total. The molecule has 7 atom stereocenters. The Kier molecular flexibility index (Phi) is 10.1. The van der Waals surface area contributed by atoms with E-state index in [4.69, 9.17) is 5.73 Å². The maximum absolute atomic E-state index is 14.3. The SMILES string of the molecule is CC(C)(C)[C@H](NC(=O)N[C@H](CN1CCCCS1=O)C(C)(C)C)C(=O)N1CC2[C@@H]([C@H]1C(=O)NC(CC1CC1)C(=O)C(N)=O)C2(C)C. The van der Waals surface area contributed by atoms with Crippen molar-refractivity contribution in [3.63, 3.8) is 0 Å². The Morgan fingerprint density at radius 3 is 2.13 bits per heavy atom. The van der Waals surface area contributed by atoms with Gasteiger partial charge in [0.1, 0.15) is 12.1 Å². The summed E-state index contributed by atoms with van der Waals surface area (Å²) in [6.45, 7) is 17.2. The zero-order chi connectivity index (χ0) is 33.6. The molecule has 0 aromatic heterocycles. The van der Waals surface area contributed by atoms with E-state index in [0.717, 1.165) is 25.7 Å². The van der Waals surface area contributed by atoms with Gasteiger partial charge in [0, 0.05) is 31.4 Å². The molecule has 4 fully saturated rings. The molecule has 2 saturated carbocycles. The van der Waals surface area contributed by atoms with Crippen LogP contribution in [0.1, 0.15) is 87.5 Å². The predicted molar refractivity (Wildman–Crippen MR) is 172 cm³/mol. The molecule has 0 aromatic carbocycles. The summed E-state index contributed by atoms with van der Waals surface area (Å²) in [6.07, 6.45) is 4.08. The number of carbonyl (C=O) groups excluding carboxylic acids is 5. The maximum Gasteiger partial charge on any atom is 0.315 e. The molecular weight excluding hydrogens is 596 g/mol. The number of carbonyl (C=O) groups is 5. The zero-order valence-electron chi connectivity index (χ0n) is 28.2. The summed E-state index contributed by atoms with van der Waals surface area (Å²) < 4.78 is 14.5. The van der Waals surface area contributed by atoms with Gasteiger partial charge in [-0.2, -0.15) is 0 Å². The summed E-state index contributed by atoms with van der Waals surface area (Å²) in [5.41, 5.74) is 4.09. The van der Waals surface area contributed by atoms with Gasteiger partial charge in [-0.25, -0.2) is 13.3 Å². The van der Waals surface area contributed by atoms with Crippen molar-refractivity contribution in [3.8, 4) is 0 Å². The highest BCUT2D eigenvalue weighted by Crippen LogP contribution is 2.65. The smallest absolute Gasteiger partial charge is 0.315 e. The van der Waals surface area contributed by atoms with Crippen LogP contribution in [0.15, 0.2) is 0 Å². The van der Waals surface area contributed by atoms with E-state index in [2.05, 4.69) is 29.8 Å². The lowest BCUT2D eigenvalue weighted by atomic mass is 9.85. The molecule has 4 aliphatic rings. The van der Waals surface area contributed by atoms with Crippen molar-refractivity contribution in [2.45, 2.75) is 112 Å². The number of Topliss-reactive ketones (excluding diaryl/α,β-unsaturated/α-hetero) is 1. The molecule has 12 nitrogen and oxygen atoms in total. The van der Waals surface area contributed by atoms with Gasteiger partial charge in [-0.15, -0.1) is 0 Å². The molecule has 2 heterocycles. The van der Waals surface area contributed by atoms with Crippen molar-refractivity contribution in [3.05, 3.63) is 0 Å². The molecule has 0 radical (unpaired) electrons. The van der Waals surface area contributed by atoms with Crippen molar-refractivity contribution in [1.82, 2.24) is 25.2 Å². The molecular formula is C32H54N6O6S. The quantitative estimate of drug-likeness (QED) is 0.248. The second kappa shape index (κ2) is 12.9. The van der Waals surface area contributed by atoms with Gasteiger partial charge in [0.15, 0.2) is 0 Å². The molecule has 0 bridgehead atoms. The summed E-state index contributed by atoms with van der Waals surface area (Å²) in [6, 6.07) is -3.65. The van der Waals surface area contributed by atoms with E-state index in [9.17, 15) is 28.2 Å². The van der Waals surface area contributed by atoms with Crippen LogP contribution in [0.2, 0.25) is 0 Å². The maximum atomic E-state index is 14.3. The standard InChI is InChI=1S/C32H54N6O6S/c1-30(2,3)21(17-37-13-9-10-14-45(37)44)35-29(43)36-25(31(4,5)6)28(42)38-16-19-22(32(19,7)8)23(38)27(41)34-20(15-18-11-12-18)24(39)26(33)40/h18-23,25H,9-17H2,1-8H3,(H2,33,40)(H,34,41)(H2,35,36,43)/t19?,20?,21-,22+,23+,25-,45?/m1/s1. The number of amides is 5. The minimum absolute atomic E-state index is 0.0936. The molecule has 254 valence electrons. The lowest BCUT2D eigenvalue weighted by molar-refractivity contribution is -0.145. The number of hydrogen-bond acceptors (Lipinski definition) is 6. The Morgan fingerprint density at radius 2 is 1.60 bits per heavy atom. The van der Waals surface area contributed by atoms with E-state index >= 15 is 0 Å². The topological polar surface area (TPSA) is 171 Å². The second-order valence-electron chi connectivity index (χ2n) is 16.3. The highest BCUT2D eigenvalue weighted by Gasteiger charge is 2.70. The van der Waals surface area contributed by atoms with Crippen molar-refractivity contribution in [1.29, 1.82) is 0 Å². The minimum Gasteiger partial charge on any atom is -0.363 e. The number of nitrogens with zero attached hydrogens (tertiary/aromatic N) is 2. The lowest BCUT2D eigenvalue weighted by Crippen LogP contribution is -2.62. The molecule has 2 aliphatic heterocycles. The van der Waals surface area contributed by atoms with Crippen molar-refractivity contribution >= 4 is 40.5 Å². The monoisotopic (exact) mass is 650 g/mol. The second-order valence-corrected chi connectivity index (χ2v) is 17.9. The van der Waals surface area contributed by atoms with E-state index in [1.165, 1.54) is 0 Å². The number of ketones is 1. The third kappa shape index (κ3) is 8.07. The summed E-state index contributed by atoms with van der Waals surface area (Å²) in [7, 11) is -1.09. The number of nitrogens with one attached hydrogen (secondary N) is 3. The van der Waals surface area contributed by atoms with Crippen LogP contribution >= 0.6 is 0 Å². The number of fused-ring (bicyclic) bond motifs is 1. The predicted octanol–water partition coefficient (Wildman–Crippen LogP) is 1.70. The van der Waals surface area contributed by atoms with Gasteiger partial charge in [-0.3, -0.25) is 19.2 Å². The number of rotatable bonds is 11. The summed E-state index contributed by atoms with van der Waals surface area (Å²) in [4.78, 5) is 67.6. The number of piperidine rings is 1. The normalized spacial score (nSPS) is 28.3. The van der Waals surface area contributed by atoms with Gasteiger partial charge in [0.05, 0.1) is 17.0 Å². The van der Waals surface area contributed by atoms with Crippen LogP contribution in [0.25, 0.3) is 0 Å². The highest BCUT2D eigenvalue weighted by atomic mass is 32.2. The van der Waals surface area contributed by atoms with Crippen molar-refractivity contribution in [2.75, 3.05) is 25.4 Å². The first-order chi connectivity index (χ1) is 20.7. The number of hydrogen-bond donors (Lipinski definition) is 4. The van der Waals surface area contributed by atoms with Crippen LogP contribution in [-0.2, 0) is 30.2 Å². The largest absolute Gasteiger partial charge is 0.363 e. The molecule has 45 heavy (non-hydrogen) atoms. The summed E-state index contributed by atoms with van der Waals surface area (Å²) >= 11 is 0. The van der Waals surface area contributed by atoms with Gasteiger partial charge in [-0.1, -0.05) is 68.2 Å². The first-order valence-corrected chi connectivity index (χ1v) is 17.7. The molecule has 3 unspecified atom stereocenters. The zero-order valence-corrected chi connectivity index (χ0v) is 29.1. The third-order valence-corrected chi connectivity index (χ3v) is 11.8. The van der Waals surface area contributed by atoms with Crippen LogP contribution in [-0.4, -0.2) is 92.5 Å². The summed E-state index contributed by atoms with van der Waals surface area (Å²) in [5, 5.41) is 8.76. The van der Waals surface area contributed by atoms with Crippen molar-refractivity contribution < 1.29 is 28.2 Å². The van der Waals surface area contributed by atoms with Crippen LogP contribution in [0.4, 0.5) is 4.79 Å². The Bertz CT molecular complexity index is 1220. The molecule has 0 aromatic rings. The first-order valence-electron chi connectivity index (χ1n) is 16.4. The number of nitrogens with two attached hydrogens (primary N) is 1. The lowest BCUT2D eigenvalue weighted by Gasteiger charge is -2.39.